The molecule has 0 aliphatic carbocycles. The molecule has 0 unspecified atom stereocenters. The highest BCUT2D eigenvalue weighted by Gasteiger charge is 2.17. The number of carbonyl (C=O) groups is 1. The van der Waals surface area contributed by atoms with Gasteiger partial charge >= 0.3 is 16.3 Å². The molecule has 1 aromatic rings. The number of hydrogen-bond donors (Lipinski definition) is 2. The van der Waals surface area contributed by atoms with E-state index in [0.717, 1.165) is 6.07 Å². The topological polar surface area (TPSA) is 84.5 Å². The minimum atomic E-state index is -4.81. The SMILES string of the molecule is CNc1cc(CNC(=O)OC(C)(C)C)cc(S(=O)(=O)F)c1. The quantitative estimate of drug-likeness (QED) is 0.833. The molecule has 0 spiro atoms. The van der Waals surface area contributed by atoms with Crippen LogP contribution in [0.5, 0.6) is 0 Å². The van der Waals surface area contributed by atoms with Gasteiger partial charge in [-0.05, 0) is 44.5 Å². The number of amides is 1. The number of alkyl carbamates (subject to hydrolysis) is 1. The summed E-state index contributed by atoms with van der Waals surface area (Å²) in [7, 11) is -3.23. The largest absolute Gasteiger partial charge is 0.444 e. The first-order valence-corrected chi connectivity index (χ1v) is 7.63. The summed E-state index contributed by atoms with van der Waals surface area (Å²) in [4.78, 5) is 11.1. The molecule has 6 nitrogen and oxygen atoms in total. The zero-order valence-electron chi connectivity index (χ0n) is 12.4. The van der Waals surface area contributed by atoms with E-state index in [1.165, 1.54) is 6.07 Å². The summed E-state index contributed by atoms with van der Waals surface area (Å²) in [6.45, 7) is 5.19. The molecule has 0 radical (unpaired) electrons. The van der Waals surface area contributed by atoms with Crippen LogP contribution in [0.3, 0.4) is 0 Å². The maximum Gasteiger partial charge on any atom is 0.407 e. The van der Waals surface area contributed by atoms with Crippen molar-refractivity contribution in [3.8, 4) is 0 Å². The monoisotopic (exact) mass is 318 g/mol. The third-order valence-electron chi connectivity index (χ3n) is 2.37. The van der Waals surface area contributed by atoms with Crippen molar-refractivity contribution in [2.75, 3.05) is 12.4 Å². The van der Waals surface area contributed by atoms with Crippen LogP contribution in [-0.4, -0.2) is 27.2 Å². The van der Waals surface area contributed by atoms with Gasteiger partial charge in [0.05, 0.1) is 0 Å². The van der Waals surface area contributed by atoms with Gasteiger partial charge in [-0.3, -0.25) is 0 Å². The summed E-state index contributed by atoms with van der Waals surface area (Å²) in [5.74, 6) is 0. The lowest BCUT2D eigenvalue weighted by Crippen LogP contribution is -2.32. The summed E-state index contributed by atoms with van der Waals surface area (Å²) in [5.41, 5.74) is 0.225. The van der Waals surface area contributed by atoms with Gasteiger partial charge in [-0.1, -0.05) is 0 Å². The van der Waals surface area contributed by atoms with Gasteiger partial charge in [0.15, 0.2) is 0 Å². The molecular formula is C13H19FN2O4S. The van der Waals surface area contributed by atoms with E-state index in [1.807, 2.05) is 0 Å². The molecule has 1 rings (SSSR count). The Hall–Kier alpha value is -1.83. The molecule has 1 amide bonds. The van der Waals surface area contributed by atoms with Crippen LogP contribution in [0.2, 0.25) is 0 Å². The first kappa shape index (κ1) is 17.2. The Morgan fingerprint density at radius 3 is 2.38 bits per heavy atom. The van der Waals surface area contributed by atoms with Crippen molar-refractivity contribution in [2.24, 2.45) is 0 Å². The fourth-order valence-corrected chi connectivity index (χ4v) is 2.10. The lowest BCUT2D eigenvalue weighted by atomic mass is 10.2. The first-order chi connectivity index (χ1) is 9.51. The molecule has 0 aromatic heterocycles. The summed E-state index contributed by atoms with van der Waals surface area (Å²) in [6.07, 6.45) is -0.637. The third kappa shape index (κ3) is 5.99. The van der Waals surface area contributed by atoms with Crippen LogP contribution in [0.25, 0.3) is 0 Å². The van der Waals surface area contributed by atoms with Crippen LogP contribution < -0.4 is 10.6 Å². The lowest BCUT2D eigenvalue weighted by Gasteiger charge is -2.19. The number of rotatable bonds is 4. The van der Waals surface area contributed by atoms with Gasteiger partial charge < -0.3 is 15.4 Å². The lowest BCUT2D eigenvalue weighted by molar-refractivity contribution is 0.0523. The van der Waals surface area contributed by atoms with Gasteiger partial charge in [0.25, 0.3) is 0 Å². The predicted molar refractivity (Wildman–Crippen MR) is 77.4 cm³/mol. The molecule has 118 valence electrons. The number of benzene rings is 1. The van der Waals surface area contributed by atoms with Crippen LogP contribution in [0, 0.1) is 0 Å². The van der Waals surface area contributed by atoms with Crippen molar-refractivity contribution < 1.29 is 21.8 Å². The van der Waals surface area contributed by atoms with Crippen molar-refractivity contribution in [3.63, 3.8) is 0 Å². The van der Waals surface area contributed by atoms with E-state index >= 15 is 0 Å². The van der Waals surface area contributed by atoms with E-state index in [2.05, 4.69) is 10.6 Å². The number of nitrogens with one attached hydrogen (secondary N) is 2. The van der Waals surface area contributed by atoms with Crippen molar-refractivity contribution in [1.82, 2.24) is 5.32 Å². The summed E-state index contributed by atoms with van der Waals surface area (Å²) in [6, 6.07) is 3.94. The molecule has 2 N–H and O–H groups in total. The predicted octanol–water partition coefficient (Wildman–Crippen LogP) is 2.41. The Labute approximate surface area is 123 Å². The average molecular weight is 318 g/mol. The number of anilines is 1. The Balaban J connectivity index is 2.87. The second kappa shape index (κ2) is 6.30. The van der Waals surface area contributed by atoms with E-state index in [0.29, 0.717) is 11.3 Å². The molecule has 0 saturated heterocycles. The Kier molecular flexibility index (Phi) is 5.16. The molecule has 0 bridgehead atoms. The standard InChI is InChI=1S/C13H19FN2O4S/c1-13(2,3)20-12(17)16-8-9-5-10(15-4)7-11(6-9)21(14,18)19/h5-7,15H,8H2,1-4H3,(H,16,17). The highest BCUT2D eigenvalue weighted by molar-refractivity contribution is 7.86. The highest BCUT2D eigenvalue weighted by Crippen LogP contribution is 2.20. The van der Waals surface area contributed by atoms with Crippen LogP contribution in [-0.2, 0) is 21.5 Å². The normalized spacial score (nSPS) is 11.9. The Morgan fingerprint density at radius 2 is 1.90 bits per heavy atom. The van der Waals surface area contributed by atoms with Crippen LogP contribution in [0.1, 0.15) is 26.3 Å². The third-order valence-corrected chi connectivity index (χ3v) is 3.17. The molecule has 8 heteroatoms. The molecule has 0 aliphatic heterocycles. The van der Waals surface area contributed by atoms with Gasteiger partial charge in [-0.2, -0.15) is 8.42 Å². The Morgan fingerprint density at radius 1 is 1.29 bits per heavy atom. The summed E-state index contributed by atoms with van der Waals surface area (Å²) < 4.78 is 40.1. The second-order valence-corrected chi connectivity index (χ2v) is 6.76. The Bertz CT molecular complexity index is 624. The van der Waals surface area contributed by atoms with Crippen LogP contribution in [0.15, 0.2) is 23.1 Å². The minimum Gasteiger partial charge on any atom is -0.444 e. The highest BCUT2D eigenvalue weighted by atomic mass is 32.3. The van der Waals surface area contributed by atoms with E-state index in [1.54, 1.807) is 33.9 Å². The molecule has 0 saturated carbocycles. The molecule has 0 atom stereocenters. The fourth-order valence-electron chi connectivity index (χ4n) is 1.54. The van der Waals surface area contributed by atoms with Gasteiger partial charge in [-0.25, -0.2) is 4.79 Å². The van der Waals surface area contributed by atoms with Crippen LogP contribution >= 0.6 is 0 Å². The van der Waals surface area contributed by atoms with Gasteiger partial charge in [0.2, 0.25) is 0 Å². The molecular weight excluding hydrogens is 299 g/mol. The number of hydrogen-bond acceptors (Lipinski definition) is 5. The first-order valence-electron chi connectivity index (χ1n) is 6.24. The van der Waals surface area contributed by atoms with Gasteiger partial charge in [-0.15, -0.1) is 3.89 Å². The summed E-state index contributed by atoms with van der Waals surface area (Å²) in [5, 5.41) is 5.21. The zero-order valence-corrected chi connectivity index (χ0v) is 13.2. The fraction of sp³-hybridized carbons (Fsp3) is 0.462. The van der Waals surface area contributed by atoms with Crippen molar-refractivity contribution in [1.29, 1.82) is 0 Å². The van der Waals surface area contributed by atoms with E-state index in [9.17, 15) is 17.1 Å². The number of halogens is 1. The summed E-state index contributed by atoms with van der Waals surface area (Å²) >= 11 is 0. The number of carbonyl (C=O) groups excluding carboxylic acids is 1. The minimum absolute atomic E-state index is 0.0208. The maximum absolute atomic E-state index is 13.1. The molecule has 21 heavy (non-hydrogen) atoms. The molecule has 0 fully saturated rings. The second-order valence-electron chi connectivity index (χ2n) is 5.41. The van der Waals surface area contributed by atoms with Crippen molar-refractivity contribution >= 4 is 22.0 Å². The van der Waals surface area contributed by atoms with Crippen molar-refractivity contribution in [3.05, 3.63) is 23.8 Å². The van der Waals surface area contributed by atoms with Gasteiger partial charge in [0.1, 0.15) is 10.5 Å². The number of ether oxygens (including phenoxy) is 1. The average Bonchev–Trinajstić information content (AvgIpc) is 2.33. The van der Waals surface area contributed by atoms with Crippen molar-refractivity contribution in [2.45, 2.75) is 37.8 Å². The van der Waals surface area contributed by atoms with Gasteiger partial charge in [0, 0.05) is 19.3 Å². The van der Waals surface area contributed by atoms with Crippen LogP contribution in [0.4, 0.5) is 14.4 Å². The molecule has 0 heterocycles. The van der Waals surface area contributed by atoms with E-state index in [-0.39, 0.29) is 6.54 Å². The molecule has 0 aliphatic rings. The smallest absolute Gasteiger partial charge is 0.407 e. The molecule has 1 aromatic carbocycles. The zero-order chi connectivity index (χ0) is 16.3. The maximum atomic E-state index is 13.1. The van der Waals surface area contributed by atoms with E-state index in [4.69, 9.17) is 4.74 Å². The van der Waals surface area contributed by atoms with E-state index < -0.39 is 26.8 Å².